The van der Waals surface area contributed by atoms with Crippen LogP contribution in [-0.2, 0) is 16.4 Å². The Morgan fingerprint density at radius 1 is 1.14 bits per heavy atom. The molecular weight excluding hydrogens is 457 g/mol. The lowest BCUT2D eigenvalue weighted by molar-refractivity contribution is 0.0681. The van der Waals surface area contributed by atoms with Gasteiger partial charge in [-0.25, -0.2) is 8.42 Å². The molecule has 0 N–H and O–H groups in total. The molecule has 1 atom stereocenters. The van der Waals surface area contributed by atoms with Crippen LogP contribution in [0.25, 0.3) is 0 Å². The van der Waals surface area contributed by atoms with Crippen LogP contribution < -0.4 is 4.74 Å². The molecule has 1 aliphatic heterocycles. The van der Waals surface area contributed by atoms with Crippen LogP contribution in [0.4, 0.5) is 0 Å². The summed E-state index contributed by atoms with van der Waals surface area (Å²) in [7, 11) is -3.17. The lowest BCUT2D eigenvalue weighted by Crippen LogP contribution is -2.40. The van der Waals surface area contributed by atoms with Gasteiger partial charge in [0.25, 0.3) is 5.91 Å². The Hall–Kier alpha value is -1.47. The minimum Gasteiger partial charge on any atom is -0.491 e. The third-order valence-electron chi connectivity index (χ3n) is 4.71. The zero-order chi connectivity index (χ0) is 21.2. The van der Waals surface area contributed by atoms with E-state index in [1.165, 1.54) is 12.1 Å². The summed E-state index contributed by atoms with van der Waals surface area (Å²) in [6.45, 7) is 2.44. The number of halogens is 3. The van der Waals surface area contributed by atoms with Gasteiger partial charge >= 0.3 is 0 Å². The number of nitrogens with zero attached hydrogens (tertiary/aromatic N) is 1. The van der Waals surface area contributed by atoms with Gasteiger partial charge in [-0.3, -0.25) is 4.79 Å². The summed E-state index contributed by atoms with van der Waals surface area (Å²) in [6, 6.07) is 9.66. The molecule has 3 rings (SSSR count). The first-order valence-corrected chi connectivity index (χ1v) is 12.0. The molecule has 2 aromatic rings. The molecule has 0 radical (unpaired) electrons. The van der Waals surface area contributed by atoms with Gasteiger partial charge in [-0.1, -0.05) is 46.9 Å². The Morgan fingerprint density at radius 3 is 2.28 bits per heavy atom. The number of carbonyl (C=O) groups is 1. The molecule has 0 saturated carbocycles. The van der Waals surface area contributed by atoms with Crippen LogP contribution in [0.2, 0.25) is 15.1 Å². The Bertz CT molecular complexity index is 986. The van der Waals surface area contributed by atoms with Crippen molar-refractivity contribution in [1.82, 2.24) is 4.90 Å². The highest BCUT2D eigenvalue weighted by atomic mass is 35.5. The highest BCUT2D eigenvalue weighted by Crippen LogP contribution is 2.35. The Labute approximate surface area is 185 Å². The molecule has 1 saturated heterocycles. The van der Waals surface area contributed by atoms with Gasteiger partial charge < -0.3 is 9.64 Å². The number of hydrogen-bond donors (Lipinski definition) is 0. The average molecular weight is 477 g/mol. The number of carbonyl (C=O) groups excluding carboxylic acids is 1. The van der Waals surface area contributed by atoms with E-state index in [1.807, 2.05) is 12.1 Å². The molecular formula is C20H20Cl3NO4S. The summed E-state index contributed by atoms with van der Waals surface area (Å²) >= 11 is 18.5. The summed E-state index contributed by atoms with van der Waals surface area (Å²) in [5, 5.41) is 1.04. The average Bonchev–Trinajstić information content (AvgIpc) is 3.03. The predicted octanol–water partition coefficient (Wildman–Crippen LogP) is 4.88. The van der Waals surface area contributed by atoms with E-state index in [1.54, 1.807) is 24.0 Å². The number of ether oxygens (including phenoxy) is 1. The van der Waals surface area contributed by atoms with Crippen LogP contribution in [0.1, 0.15) is 29.3 Å². The summed E-state index contributed by atoms with van der Waals surface area (Å²) in [5.74, 6) is -0.0218. The molecule has 2 aromatic carbocycles. The van der Waals surface area contributed by atoms with Gasteiger partial charge in [0.15, 0.2) is 15.6 Å². The first-order valence-electron chi connectivity index (χ1n) is 9.08. The first-order chi connectivity index (χ1) is 13.7. The molecule has 1 fully saturated rings. The molecule has 0 unspecified atom stereocenters. The fraction of sp³-hybridized carbons (Fsp3) is 0.350. The molecule has 0 bridgehead atoms. The molecule has 29 heavy (non-hydrogen) atoms. The van der Waals surface area contributed by atoms with Crippen LogP contribution in [-0.4, -0.2) is 43.4 Å². The summed E-state index contributed by atoms with van der Waals surface area (Å²) < 4.78 is 29.4. The van der Waals surface area contributed by atoms with Gasteiger partial charge in [-0.15, -0.1) is 0 Å². The molecule has 0 aliphatic carbocycles. The van der Waals surface area contributed by atoms with Crippen molar-refractivity contribution in [2.75, 3.05) is 18.1 Å². The van der Waals surface area contributed by atoms with Crippen LogP contribution in [0.15, 0.2) is 36.4 Å². The number of hydrogen-bond acceptors (Lipinski definition) is 4. The largest absolute Gasteiger partial charge is 0.491 e. The normalized spacial score (nSPS) is 17.9. The van der Waals surface area contributed by atoms with Crippen molar-refractivity contribution >= 4 is 50.5 Å². The van der Waals surface area contributed by atoms with Crippen molar-refractivity contribution in [1.29, 1.82) is 0 Å². The van der Waals surface area contributed by atoms with E-state index in [-0.39, 0.29) is 39.6 Å². The van der Waals surface area contributed by atoms with Crippen molar-refractivity contribution in [2.24, 2.45) is 0 Å². The molecule has 1 heterocycles. The van der Waals surface area contributed by atoms with Crippen LogP contribution in [0, 0.1) is 0 Å². The topological polar surface area (TPSA) is 63.7 Å². The first kappa shape index (κ1) is 22.2. The third-order valence-corrected chi connectivity index (χ3v) is 7.27. The Morgan fingerprint density at radius 2 is 1.76 bits per heavy atom. The van der Waals surface area contributed by atoms with Crippen LogP contribution >= 0.6 is 34.8 Å². The zero-order valence-electron chi connectivity index (χ0n) is 15.7. The lowest BCUT2D eigenvalue weighted by Gasteiger charge is -2.29. The van der Waals surface area contributed by atoms with E-state index in [0.29, 0.717) is 23.8 Å². The predicted molar refractivity (Wildman–Crippen MR) is 116 cm³/mol. The second-order valence-corrected chi connectivity index (χ2v) is 10.3. The summed E-state index contributed by atoms with van der Waals surface area (Å²) in [6.07, 6.45) is 0.389. The van der Waals surface area contributed by atoms with Gasteiger partial charge in [-0.2, -0.15) is 0 Å². The molecule has 1 aliphatic rings. The standard InChI is InChI=1S/C20H20Cl3NO4S/c1-2-28-19-17(22)9-14(10-18(19)23)20(25)24(16-7-8-29(26,27)12-16)11-13-3-5-15(21)6-4-13/h3-6,9-10,16H,2,7-8,11-12H2,1H3/t16-/m1/s1. The molecule has 9 heteroatoms. The van der Waals surface area contributed by atoms with Crippen LogP contribution in [0.5, 0.6) is 5.75 Å². The third kappa shape index (κ3) is 5.37. The minimum absolute atomic E-state index is 0.0624. The number of sulfone groups is 1. The Balaban J connectivity index is 1.94. The maximum atomic E-state index is 13.3. The lowest BCUT2D eigenvalue weighted by atomic mass is 10.1. The Kier molecular flexibility index (Phi) is 6.99. The van der Waals surface area contributed by atoms with E-state index in [9.17, 15) is 13.2 Å². The van der Waals surface area contributed by atoms with Gasteiger partial charge in [0.1, 0.15) is 0 Å². The number of amides is 1. The number of rotatable bonds is 6. The fourth-order valence-electron chi connectivity index (χ4n) is 3.31. The van der Waals surface area contributed by atoms with Crippen molar-refractivity contribution in [3.63, 3.8) is 0 Å². The van der Waals surface area contributed by atoms with Crippen LogP contribution in [0.3, 0.4) is 0 Å². The van der Waals surface area contributed by atoms with E-state index >= 15 is 0 Å². The quantitative estimate of drug-likeness (QED) is 0.596. The smallest absolute Gasteiger partial charge is 0.254 e. The summed E-state index contributed by atoms with van der Waals surface area (Å²) in [4.78, 5) is 14.9. The van der Waals surface area contributed by atoms with Crippen molar-refractivity contribution in [2.45, 2.75) is 25.9 Å². The zero-order valence-corrected chi connectivity index (χ0v) is 18.8. The molecule has 0 spiro atoms. The number of benzene rings is 2. The van der Waals surface area contributed by atoms with E-state index in [2.05, 4.69) is 0 Å². The molecule has 156 valence electrons. The second-order valence-electron chi connectivity index (χ2n) is 6.82. The highest BCUT2D eigenvalue weighted by molar-refractivity contribution is 7.91. The van der Waals surface area contributed by atoms with E-state index in [0.717, 1.165) is 5.56 Å². The highest BCUT2D eigenvalue weighted by Gasteiger charge is 2.35. The van der Waals surface area contributed by atoms with E-state index in [4.69, 9.17) is 39.5 Å². The second kappa shape index (κ2) is 9.13. The molecule has 1 amide bonds. The maximum absolute atomic E-state index is 13.3. The van der Waals surface area contributed by atoms with Gasteiger partial charge in [0.05, 0.1) is 28.2 Å². The summed E-state index contributed by atoms with van der Waals surface area (Å²) in [5.41, 5.74) is 1.12. The van der Waals surface area contributed by atoms with Crippen molar-refractivity contribution in [3.05, 3.63) is 62.6 Å². The van der Waals surface area contributed by atoms with Crippen molar-refractivity contribution < 1.29 is 17.9 Å². The molecule has 5 nitrogen and oxygen atoms in total. The van der Waals surface area contributed by atoms with Crippen molar-refractivity contribution in [3.8, 4) is 5.75 Å². The minimum atomic E-state index is -3.17. The van der Waals surface area contributed by atoms with Gasteiger partial charge in [-0.05, 0) is 43.2 Å². The monoisotopic (exact) mass is 475 g/mol. The maximum Gasteiger partial charge on any atom is 0.254 e. The van der Waals surface area contributed by atoms with Gasteiger partial charge in [0.2, 0.25) is 0 Å². The SMILES string of the molecule is CCOc1c(Cl)cc(C(=O)N(Cc2ccc(Cl)cc2)[C@@H]2CCS(=O)(=O)C2)cc1Cl. The fourth-order valence-corrected chi connectivity index (χ4v) is 5.76. The molecule has 0 aromatic heterocycles. The van der Waals surface area contributed by atoms with E-state index < -0.39 is 15.9 Å². The van der Waals surface area contributed by atoms with Gasteiger partial charge in [0, 0.05) is 23.2 Å².